The Morgan fingerprint density at radius 3 is 2.66 bits per heavy atom. The molecule has 150 valence electrons. The molecule has 0 spiro atoms. The summed E-state index contributed by atoms with van der Waals surface area (Å²) in [6.07, 6.45) is 1.85. The Balaban J connectivity index is 1.95. The van der Waals surface area contributed by atoms with Crippen molar-refractivity contribution in [2.45, 2.75) is 38.3 Å². The highest BCUT2D eigenvalue weighted by Gasteiger charge is 2.37. The van der Waals surface area contributed by atoms with Crippen LogP contribution in [0.4, 0.5) is 0 Å². The second-order valence-electron chi connectivity index (χ2n) is 7.17. The lowest BCUT2D eigenvalue weighted by Gasteiger charge is -2.28. The van der Waals surface area contributed by atoms with E-state index in [4.69, 9.17) is 38.4 Å². The lowest BCUT2D eigenvalue weighted by molar-refractivity contribution is 0.0955. The molecule has 0 unspecified atom stereocenters. The van der Waals surface area contributed by atoms with E-state index >= 15 is 0 Å². The molecular formula is C21H19Cl2N3O3. The van der Waals surface area contributed by atoms with Crippen LogP contribution in [-0.4, -0.2) is 17.3 Å². The summed E-state index contributed by atoms with van der Waals surface area (Å²) in [6, 6.07) is 8.87. The summed E-state index contributed by atoms with van der Waals surface area (Å²) < 4.78 is 13.0. The van der Waals surface area contributed by atoms with Crippen LogP contribution in [0.2, 0.25) is 10.0 Å². The van der Waals surface area contributed by atoms with E-state index in [0.717, 1.165) is 18.5 Å². The first-order valence-corrected chi connectivity index (χ1v) is 10.1. The van der Waals surface area contributed by atoms with Crippen molar-refractivity contribution in [1.82, 2.24) is 4.57 Å². The third kappa shape index (κ3) is 3.40. The van der Waals surface area contributed by atoms with Gasteiger partial charge in [-0.3, -0.25) is 4.79 Å². The molecule has 1 aromatic heterocycles. The highest BCUT2D eigenvalue weighted by Crippen LogP contribution is 2.45. The van der Waals surface area contributed by atoms with Gasteiger partial charge in [-0.2, -0.15) is 5.26 Å². The number of rotatable bonds is 3. The predicted octanol–water partition coefficient (Wildman–Crippen LogP) is 3.86. The molecule has 2 aliphatic heterocycles. The third-order valence-corrected chi connectivity index (χ3v) is 6.05. The van der Waals surface area contributed by atoms with E-state index in [1.807, 2.05) is 6.92 Å². The monoisotopic (exact) mass is 431 g/mol. The molecule has 0 aliphatic carbocycles. The Hall–Kier alpha value is -2.46. The minimum Gasteiger partial charge on any atom is -0.440 e. The molecule has 1 saturated heterocycles. The van der Waals surface area contributed by atoms with E-state index in [0.29, 0.717) is 40.1 Å². The summed E-state index contributed by atoms with van der Waals surface area (Å²) in [6.45, 7) is 2.96. The molecule has 2 aliphatic rings. The summed E-state index contributed by atoms with van der Waals surface area (Å²) >= 11 is 12.9. The van der Waals surface area contributed by atoms with Crippen LogP contribution < -0.4 is 16.0 Å². The number of aromatic nitrogens is 1. The number of nitrogens with two attached hydrogens (primary N) is 1. The summed E-state index contributed by atoms with van der Waals surface area (Å²) in [7, 11) is 0. The quantitative estimate of drug-likeness (QED) is 0.796. The number of hydrogen-bond donors (Lipinski definition) is 1. The SMILES string of the molecule is Cc1cc2c(c(=O)n1C[C@@H]1CCCO1)[C@@H](c1c(Cl)cccc1Cl)C(C#N)=C(N)O2. The fraction of sp³-hybridized carbons (Fsp3) is 0.333. The van der Waals surface area contributed by atoms with Crippen LogP contribution in [0, 0.1) is 18.3 Å². The number of fused-ring (bicyclic) bond motifs is 1. The van der Waals surface area contributed by atoms with Crippen LogP contribution in [0.15, 0.2) is 40.5 Å². The summed E-state index contributed by atoms with van der Waals surface area (Å²) in [4.78, 5) is 13.6. The molecule has 8 heteroatoms. The van der Waals surface area contributed by atoms with Gasteiger partial charge in [-0.1, -0.05) is 29.3 Å². The number of nitriles is 1. The topological polar surface area (TPSA) is 90.3 Å². The average molecular weight is 432 g/mol. The molecule has 2 atom stereocenters. The van der Waals surface area contributed by atoms with E-state index in [2.05, 4.69) is 6.07 Å². The van der Waals surface area contributed by atoms with Crippen molar-refractivity contribution in [1.29, 1.82) is 5.26 Å². The van der Waals surface area contributed by atoms with Crippen LogP contribution in [0.25, 0.3) is 0 Å². The third-order valence-electron chi connectivity index (χ3n) is 5.39. The van der Waals surface area contributed by atoms with Gasteiger partial charge in [-0.15, -0.1) is 0 Å². The number of ether oxygens (including phenoxy) is 2. The van der Waals surface area contributed by atoms with Crippen molar-refractivity contribution in [3.63, 3.8) is 0 Å². The molecule has 4 rings (SSSR count). The van der Waals surface area contributed by atoms with Crippen molar-refractivity contribution < 1.29 is 9.47 Å². The zero-order chi connectivity index (χ0) is 20.7. The number of halogens is 2. The van der Waals surface area contributed by atoms with Gasteiger partial charge in [-0.05, 0) is 31.9 Å². The molecule has 1 fully saturated rings. The zero-order valence-electron chi connectivity index (χ0n) is 15.7. The van der Waals surface area contributed by atoms with Gasteiger partial charge >= 0.3 is 0 Å². The van der Waals surface area contributed by atoms with Crippen molar-refractivity contribution in [3.05, 3.63) is 72.9 Å². The molecule has 6 nitrogen and oxygen atoms in total. The van der Waals surface area contributed by atoms with Gasteiger partial charge in [0.25, 0.3) is 5.56 Å². The average Bonchev–Trinajstić information content (AvgIpc) is 3.18. The van der Waals surface area contributed by atoms with Crippen molar-refractivity contribution in [2.75, 3.05) is 6.61 Å². The molecule has 2 aromatic rings. The number of aryl methyl sites for hydroxylation is 1. The standard InChI is InChI=1S/C21H19Cl2N3O3/c1-11-8-16-19(21(27)26(11)10-12-4-3-7-28-12)17(13(9-24)20(25)29-16)18-14(22)5-2-6-15(18)23/h2,5-6,8,12,17H,3-4,7,10,25H2,1H3/t12-,17+/m0/s1. The minimum atomic E-state index is -0.811. The predicted molar refractivity (Wildman–Crippen MR) is 110 cm³/mol. The number of hydrogen-bond acceptors (Lipinski definition) is 5. The maximum Gasteiger partial charge on any atom is 0.258 e. The van der Waals surface area contributed by atoms with Gasteiger partial charge in [0.05, 0.1) is 24.1 Å². The van der Waals surface area contributed by atoms with E-state index in [1.165, 1.54) is 0 Å². The second kappa shape index (κ2) is 7.75. The molecular weight excluding hydrogens is 413 g/mol. The van der Waals surface area contributed by atoms with Gasteiger partial charge in [0, 0.05) is 34.0 Å². The Morgan fingerprint density at radius 2 is 2.03 bits per heavy atom. The van der Waals surface area contributed by atoms with Crippen LogP contribution >= 0.6 is 23.2 Å². The highest BCUT2D eigenvalue weighted by atomic mass is 35.5. The van der Waals surface area contributed by atoms with Gasteiger partial charge in [-0.25, -0.2) is 0 Å². The van der Waals surface area contributed by atoms with E-state index in [1.54, 1.807) is 28.8 Å². The first-order valence-electron chi connectivity index (χ1n) is 9.29. The molecule has 1 aromatic carbocycles. The second-order valence-corrected chi connectivity index (χ2v) is 7.99. The van der Waals surface area contributed by atoms with Gasteiger partial charge in [0.2, 0.25) is 5.88 Å². The van der Waals surface area contributed by atoms with Gasteiger partial charge in [0.1, 0.15) is 17.4 Å². The zero-order valence-corrected chi connectivity index (χ0v) is 17.3. The lowest BCUT2D eigenvalue weighted by atomic mass is 9.84. The maximum atomic E-state index is 13.6. The number of allylic oxidation sites excluding steroid dienone is 1. The van der Waals surface area contributed by atoms with Crippen molar-refractivity contribution in [3.8, 4) is 11.8 Å². The van der Waals surface area contributed by atoms with Gasteiger partial charge in [0.15, 0.2) is 0 Å². The van der Waals surface area contributed by atoms with Gasteiger partial charge < -0.3 is 19.8 Å². The maximum absolute atomic E-state index is 13.6. The molecule has 2 N–H and O–H groups in total. The Labute approximate surface area is 178 Å². The normalized spacial score (nSPS) is 20.9. The van der Waals surface area contributed by atoms with Crippen molar-refractivity contribution >= 4 is 23.2 Å². The smallest absolute Gasteiger partial charge is 0.258 e. The number of benzene rings is 1. The Morgan fingerprint density at radius 1 is 1.31 bits per heavy atom. The van der Waals surface area contributed by atoms with E-state index in [-0.39, 0.29) is 23.1 Å². The fourth-order valence-corrected chi connectivity index (χ4v) is 4.60. The molecule has 0 amide bonds. The molecule has 0 saturated carbocycles. The lowest BCUT2D eigenvalue weighted by Crippen LogP contribution is -2.35. The van der Waals surface area contributed by atoms with Crippen LogP contribution in [0.5, 0.6) is 5.75 Å². The van der Waals surface area contributed by atoms with Crippen molar-refractivity contribution in [2.24, 2.45) is 5.73 Å². The summed E-state index contributed by atoms with van der Waals surface area (Å²) in [5.41, 5.74) is 7.35. The fourth-order valence-electron chi connectivity index (χ4n) is 3.98. The highest BCUT2D eigenvalue weighted by molar-refractivity contribution is 6.36. The molecule has 0 radical (unpaired) electrons. The largest absolute Gasteiger partial charge is 0.440 e. The van der Waals surface area contributed by atoms with E-state index in [9.17, 15) is 10.1 Å². The molecule has 3 heterocycles. The van der Waals surface area contributed by atoms with Crippen LogP contribution in [0.1, 0.15) is 35.6 Å². The first kappa shape index (κ1) is 19.8. The van der Waals surface area contributed by atoms with Crippen LogP contribution in [-0.2, 0) is 11.3 Å². The Bertz CT molecular complexity index is 1090. The minimum absolute atomic E-state index is 0.0210. The van der Waals surface area contributed by atoms with Crippen LogP contribution in [0.3, 0.4) is 0 Å². The molecule has 0 bridgehead atoms. The number of nitrogens with zero attached hydrogens (tertiary/aromatic N) is 2. The number of pyridine rings is 1. The van der Waals surface area contributed by atoms with E-state index < -0.39 is 5.92 Å². The summed E-state index contributed by atoms with van der Waals surface area (Å²) in [5.74, 6) is -0.556. The Kier molecular flexibility index (Phi) is 5.30. The molecule has 29 heavy (non-hydrogen) atoms. The summed E-state index contributed by atoms with van der Waals surface area (Å²) in [5, 5.41) is 10.5. The first-order chi connectivity index (χ1) is 13.9.